The van der Waals surface area contributed by atoms with Gasteiger partial charge in [-0.05, 0) is 37.2 Å². The van der Waals surface area contributed by atoms with Gasteiger partial charge in [0.25, 0.3) is 0 Å². The number of para-hydroxylation sites is 3. The summed E-state index contributed by atoms with van der Waals surface area (Å²) in [6, 6.07) is 17.6. The summed E-state index contributed by atoms with van der Waals surface area (Å²) in [6.07, 6.45) is 0.986. The van der Waals surface area contributed by atoms with Gasteiger partial charge < -0.3 is 19.5 Å². The lowest BCUT2D eigenvalue weighted by molar-refractivity contribution is -0.131. The maximum Gasteiger partial charge on any atom is 0.242 e. The van der Waals surface area contributed by atoms with Crippen LogP contribution in [0.1, 0.15) is 12.2 Å². The molecule has 156 valence electrons. The first kappa shape index (κ1) is 23.0. The van der Waals surface area contributed by atoms with Crippen molar-refractivity contribution in [2.24, 2.45) is 0 Å². The van der Waals surface area contributed by atoms with Gasteiger partial charge in [-0.2, -0.15) is 0 Å². The van der Waals surface area contributed by atoms with E-state index < -0.39 is 0 Å². The number of nitrogens with one attached hydrogen (secondary N) is 1. The van der Waals surface area contributed by atoms with Crippen LogP contribution in [0.3, 0.4) is 0 Å². The van der Waals surface area contributed by atoms with Gasteiger partial charge in [0.1, 0.15) is 24.7 Å². The Labute approximate surface area is 183 Å². The molecule has 2 aromatic carbocycles. The highest BCUT2D eigenvalue weighted by Crippen LogP contribution is 2.19. The highest BCUT2D eigenvalue weighted by molar-refractivity contribution is 5.85. The zero-order valence-corrected chi connectivity index (χ0v) is 17.8. The molecular formula is C21H26Cl2N4O2. The van der Waals surface area contributed by atoms with Crippen molar-refractivity contribution in [2.45, 2.75) is 19.6 Å². The van der Waals surface area contributed by atoms with Crippen LogP contribution in [0.5, 0.6) is 5.75 Å². The zero-order valence-electron chi connectivity index (χ0n) is 16.1. The maximum absolute atomic E-state index is 12.9. The summed E-state index contributed by atoms with van der Waals surface area (Å²) in [5.74, 6) is 1.69. The number of rotatable bonds is 5. The average Bonchev–Trinajstić information content (AvgIpc) is 2.87. The van der Waals surface area contributed by atoms with Crippen molar-refractivity contribution in [3.63, 3.8) is 0 Å². The predicted molar refractivity (Wildman–Crippen MR) is 119 cm³/mol. The second kappa shape index (κ2) is 11.0. The Hall–Kier alpha value is -2.28. The van der Waals surface area contributed by atoms with Crippen molar-refractivity contribution < 1.29 is 9.53 Å². The lowest BCUT2D eigenvalue weighted by Crippen LogP contribution is -2.36. The number of benzene rings is 2. The lowest BCUT2D eigenvalue weighted by atomic mass is 10.3. The van der Waals surface area contributed by atoms with E-state index in [1.165, 1.54) is 0 Å². The number of aromatic nitrogens is 2. The molecule has 1 N–H and O–H groups in total. The number of carbonyl (C=O) groups excluding carboxylic acids is 1. The van der Waals surface area contributed by atoms with Crippen molar-refractivity contribution >= 4 is 41.8 Å². The molecule has 1 fully saturated rings. The van der Waals surface area contributed by atoms with Gasteiger partial charge in [0, 0.05) is 19.6 Å². The van der Waals surface area contributed by atoms with E-state index in [4.69, 9.17) is 9.72 Å². The fourth-order valence-corrected chi connectivity index (χ4v) is 3.41. The van der Waals surface area contributed by atoms with E-state index in [2.05, 4.69) is 5.32 Å². The van der Waals surface area contributed by atoms with Gasteiger partial charge in [-0.15, -0.1) is 24.8 Å². The van der Waals surface area contributed by atoms with Gasteiger partial charge in [0.15, 0.2) is 0 Å². The number of hydrogen-bond acceptors (Lipinski definition) is 4. The normalized spacial score (nSPS) is 13.9. The summed E-state index contributed by atoms with van der Waals surface area (Å²) in [5, 5.41) is 3.34. The van der Waals surface area contributed by atoms with Crippen molar-refractivity contribution in [1.82, 2.24) is 19.8 Å². The van der Waals surface area contributed by atoms with Gasteiger partial charge in [-0.3, -0.25) is 4.79 Å². The number of ether oxygens (including phenoxy) is 1. The number of carbonyl (C=O) groups is 1. The topological polar surface area (TPSA) is 59.4 Å². The van der Waals surface area contributed by atoms with E-state index in [-0.39, 0.29) is 37.3 Å². The number of imidazole rings is 1. The molecule has 1 saturated heterocycles. The Balaban J connectivity index is 0.00000150. The van der Waals surface area contributed by atoms with E-state index in [9.17, 15) is 4.79 Å². The van der Waals surface area contributed by atoms with Gasteiger partial charge in [-0.25, -0.2) is 4.98 Å². The molecule has 0 bridgehead atoms. The monoisotopic (exact) mass is 436 g/mol. The van der Waals surface area contributed by atoms with Gasteiger partial charge in [-0.1, -0.05) is 30.3 Å². The number of halogens is 2. The second-order valence-corrected chi connectivity index (χ2v) is 6.69. The van der Waals surface area contributed by atoms with Gasteiger partial charge in [0.2, 0.25) is 5.91 Å². The Kier molecular flexibility index (Phi) is 8.76. The highest BCUT2D eigenvalue weighted by atomic mass is 35.5. The minimum absolute atomic E-state index is 0. The number of amides is 1. The molecule has 0 aliphatic carbocycles. The van der Waals surface area contributed by atoms with Crippen molar-refractivity contribution in [3.05, 3.63) is 60.4 Å². The quantitative estimate of drug-likeness (QED) is 0.666. The Morgan fingerprint density at radius 2 is 1.76 bits per heavy atom. The number of nitrogens with zero attached hydrogens (tertiary/aromatic N) is 3. The van der Waals surface area contributed by atoms with Gasteiger partial charge in [0.05, 0.1) is 11.0 Å². The summed E-state index contributed by atoms with van der Waals surface area (Å²) in [6.45, 7) is 3.98. The van der Waals surface area contributed by atoms with Crippen LogP contribution in [0, 0.1) is 0 Å². The summed E-state index contributed by atoms with van der Waals surface area (Å²) >= 11 is 0. The standard InChI is InChI=1S/C21H24N4O2.2ClH/c26-21(24-13-6-11-22-12-14-24)15-25-19-10-5-4-9-18(19)23-20(25)16-27-17-7-2-1-3-8-17;;/h1-5,7-10,22H,6,11-16H2;2*1H. The van der Waals surface area contributed by atoms with Crippen molar-refractivity contribution in [1.29, 1.82) is 0 Å². The first-order valence-corrected chi connectivity index (χ1v) is 9.42. The van der Waals surface area contributed by atoms with Crippen molar-refractivity contribution in [3.8, 4) is 5.75 Å². The first-order valence-electron chi connectivity index (χ1n) is 9.42. The molecule has 1 aromatic heterocycles. The summed E-state index contributed by atoms with van der Waals surface area (Å²) in [5.41, 5.74) is 1.85. The molecule has 0 spiro atoms. The summed E-state index contributed by atoms with van der Waals surface area (Å²) in [4.78, 5) is 19.5. The Bertz CT molecular complexity index is 909. The molecule has 1 aliphatic rings. The molecule has 8 heteroatoms. The largest absolute Gasteiger partial charge is 0.486 e. The summed E-state index contributed by atoms with van der Waals surface area (Å²) in [7, 11) is 0. The Morgan fingerprint density at radius 3 is 2.59 bits per heavy atom. The van der Waals surface area contributed by atoms with Crippen LogP contribution in [0.25, 0.3) is 11.0 Å². The van der Waals surface area contributed by atoms with Crippen molar-refractivity contribution in [2.75, 3.05) is 26.2 Å². The molecule has 1 aliphatic heterocycles. The molecule has 0 atom stereocenters. The third-order valence-electron chi connectivity index (χ3n) is 4.83. The molecular weight excluding hydrogens is 411 g/mol. The van der Waals surface area contributed by atoms with Crippen LogP contribution >= 0.6 is 24.8 Å². The molecule has 0 saturated carbocycles. The minimum Gasteiger partial charge on any atom is -0.486 e. The average molecular weight is 437 g/mol. The number of fused-ring (bicyclic) bond motifs is 1. The first-order chi connectivity index (χ1) is 13.3. The van der Waals surface area contributed by atoms with E-state index in [1.54, 1.807) is 0 Å². The molecule has 29 heavy (non-hydrogen) atoms. The molecule has 6 nitrogen and oxygen atoms in total. The molecule has 2 heterocycles. The third-order valence-corrected chi connectivity index (χ3v) is 4.83. The summed E-state index contributed by atoms with van der Waals surface area (Å²) < 4.78 is 7.88. The third kappa shape index (κ3) is 5.63. The van der Waals surface area contributed by atoms with Gasteiger partial charge >= 0.3 is 0 Å². The minimum atomic E-state index is 0. The van der Waals surface area contributed by atoms with E-state index in [0.29, 0.717) is 6.61 Å². The number of hydrogen-bond donors (Lipinski definition) is 1. The Morgan fingerprint density at radius 1 is 1.00 bits per heavy atom. The maximum atomic E-state index is 12.9. The lowest BCUT2D eigenvalue weighted by Gasteiger charge is -2.21. The molecule has 3 aromatic rings. The van der Waals surface area contributed by atoms with Crippen LogP contribution in [0.15, 0.2) is 54.6 Å². The van der Waals surface area contributed by atoms with Crippen LogP contribution in [-0.2, 0) is 17.9 Å². The molecule has 0 radical (unpaired) electrons. The van der Waals surface area contributed by atoms with Crippen LogP contribution < -0.4 is 10.1 Å². The fraction of sp³-hybridized carbons (Fsp3) is 0.333. The molecule has 0 unspecified atom stereocenters. The highest BCUT2D eigenvalue weighted by Gasteiger charge is 2.19. The predicted octanol–water partition coefficient (Wildman–Crippen LogP) is 3.28. The fourth-order valence-electron chi connectivity index (χ4n) is 3.41. The van der Waals surface area contributed by atoms with E-state index in [1.807, 2.05) is 64.1 Å². The van der Waals surface area contributed by atoms with E-state index in [0.717, 1.165) is 55.2 Å². The second-order valence-electron chi connectivity index (χ2n) is 6.69. The van der Waals surface area contributed by atoms with Crippen LogP contribution in [-0.4, -0.2) is 46.5 Å². The zero-order chi connectivity index (χ0) is 18.5. The smallest absolute Gasteiger partial charge is 0.242 e. The van der Waals surface area contributed by atoms with Crippen LogP contribution in [0.4, 0.5) is 0 Å². The molecule has 4 rings (SSSR count). The van der Waals surface area contributed by atoms with Crippen LogP contribution in [0.2, 0.25) is 0 Å². The SMILES string of the molecule is Cl.Cl.O=C(Cn1c(COc2ccccc2)nc2ccccc21)N1CCCNCC1. The molecule has 1 amide bonds. The van der Waals surface area contributed by atoms with E-state index >= 15 is 0 Å².